The average Bonchev–Trinajstić information content (AvgIpc) is 2.99. The molecule has 3 rings (SSSR count). The van der Waals surface area contributed by atoms with Gasteiger partial charge in [-0.25, -0.2) is 4.39 Å². The molecule has 6 heteroatoms. The van der Waals surface area contributed by atoms with Crippen LogP contribution in [0.2, 0.25) is 10.0 Å². The summed E-state index contributed by atoms with van der Waals surface area (Å²) in [6.07, 6.45) is 0.791. The van der Waals surface area contributed by atoms with Gasteiger partial charge in [-0.1, -0.05) is 62.2 Å². The summed E-state index contributed by atoms with van der Waals surface area (Å²) < 4.78 is 14.7. The van der Waals surface area contributed by atoms with Crippen LogP contribution in [0.3, 0.4) is 0 Å². The van der Waals surface area contributed by atoms with Crippen LogP contribution in [0.15, 0.2) is 42.5 Å². The Balaban J connectivity index is 1.93. The van der Waals surface area contributed by atoms with Gasteiger partial charge in [0.1, 0.15) is 5.82 Å². The lowest BCUT2D eigenvalue weighted by molar-refractivity contribution is -0.120. The van der Waals surface area contributed by atoms with E-state index in [0.29, 0.717) is 22.8 Å². The molecule has 0 saturated carbocycles. The van der Waals surface area contributed by atoms with Crippen molar-refractivity contribution >= 4 is 34.8 Å². The van der Waals surface area contributed by atoms with Crippen LogP contribution in [0, 0.1) is 17.2 Å². The van der Waals surface area contributed by atoms with Crippen molar-refractivity contribution in [2.75, 3.05) is 11.9 Å². The van der Waals surface area contributed by atoms with Crippen molar-refractivity contribution in [3.8, 4) is 0 Å². The van der Waals surface area contributed by atoms with E-state index >= 15 is 0 Å². The summed E-state index contributed by atoms with van der Waals surface area (Å²) in [6.45, 7) is 6.92. The van der Waals surface area contributed by atoms with Gasteiger partial charge in [0.25, 0.3) is 0 Å². The van der Waals surface area contributed by atoms with E-state index in [1.165, 1.54) is 6.07 Å². The van der Waals surface area contributed by atoms with E-state index in [1.807, 2.05) is 0 Å². The zero-order chi connectivity index (χ0) is 20.5. The molecule has 0 radical (unpaired) electrons. The summed E-state index contributed by atoms with van der Waals surface area (Å²) in [6, 6.07) is 11.9. The zero-order valence-electron chi connectivity index (χ0n) is 16.2. The molecule has 150 valence electrons. The number of anilines is 1. The number of amides is 1. The minimum atomic E-state index is -0.451. The van der Waals surface area contributed by atoms with E-state index in [1.54, 1.807) is 36.4 Å². The molecule has 2 aromatic rings. The fourth-order valence-corrected chi connectivity index (χ4v) is 4.31. The second-order valence-electron chi connectivity index (χ2n) is 8.55. The number of carbonyl (C=O) groups is 1. The van der Waals surface area contributed by atoms with Gasteiger partial charge >= 0.3 is 0 Å². The van der Waals surface area contributed by atoms with Gasteiger partial charge in [-0.2, -0.15) is 0 Å². The Morgan fingerprint density at radius 3 is 2.61 bits per heavy atom. The Morgan fingerprint density at radius 1 is 1.21 bits per heavy atom. The highest BCUT2D eigenvalue weighted by atomic mass is 35.5. The maximum absolute atomic E-state index is 14.7. The second-order valence-corrected chi connectivity index (χ2v) is 9.40. The molecule has 1 amide bonds. The van der Waals surface area contributed by atoms with Gasteiger partial charge in [-0.05, 0) is 41.7 Å². The topological polar surface area (TPSA) is 41.1 Å². The lowest BCUT2D eigenvalue weighted by atomic mass is 9.78. The van der Waals surface area contributed by atoms with Crippen LogP contribution in [0.5, 0.6) is 0 Å². The molecule has 0 aliphatic carbocycles. The van der Waals surface area contributed by atoms with Crippen LogP contribution in [-0.4, -0.2) is 18.5 Å². The minimum Gasteiger partial charge on any atom is -0.326 e. The molecule has 3 atom stereocenters. The number of benzene rings is 2. The van der Waals surface area contributed by atoms with Crippen molar-refractivity contribution < 1.29 is 9.18 Å². The first-order chi connectivity index (χ1) is 13.2. The lowest BCUT2D eigenvalue weighted by Crippen LogP contribution is -2.38. The van der Waals surface area contributed by atoms with Crippen LogP contribution in [0.25, 0.3) is 0 Å². The van der Waals surface area contributed by atoms with Gasteiger partial charge in [-0.3, -0.25) is 4.79 Å². The molecule has 1 saturated heterocycles. The molecule has 3 nitrogen and oxygen atoms in total. The number of hydrogen-bond acceptors (Lipinski definition) is 2. The monoisotopic (exact) mass is 422 g/mol. The van der Waals surface area contributed by atoms with Crippen LogP contribution in [-0.2, 0) is 4.79 Å². The first-order valence-corrected chi connectivity index (χ1v) is 10.1. The van der Waals surface area contributed by atoms with E-state index in [0.717, 1.165) is 6.42 Å². The molecule has 2 N–H and O–H groups in total. The van der Waals surface area contributed by atoms with Crippen molar-refractivity contribution in [3.05, 3.63) is 63.9 Å². The molecule has 2 unspecified atom stereocenters. The third-order valence-electron chi connectivity index (χ3n) is 5.08. The van der Waals surface area contributed by atoms with E-state index in [4.69, 9.17) is 23.2 Å². The summed E-state index contributed by atoms with van der Waals surface area (Å²) in [7, 11) is 0. The molecule has 1 fully saturated rings. The molecule has 0 aromatic heterocycles. The highest BCUT2D eigenvalue weighted by molar-refractivity contribution is 6.31. The molecule has 28 heavy (non-hydrogen) atoms. The van der Waals surface area contributed by atoms with Crippen LogP contribution in [0.1, 0.15) is 38.7 Å². The molecule has 1 heterocycles. The van der Waals surface area contributed by atoms with Gasteiger partial charge in [0.05, 0.1) is 10.9 Å². The maximum atomic E-state index is 14.7. The van der Waals surface area contributed by atoms with Crippen LogP contribution in [0.4, 0.5) is 10.1 Å². The Hall–Kier alpha value is -1.62. The van der Waals surface area contributed by atoms with Crippen LogP contribution >= 0.6 is 23.2 Å². The number of carbonyl (C=O) groups excluding carboxylic acids is 1. The second kappa shape index (κ2) is 8.40. The Morgan fingerprint density at radius 2 is 1.93 bits per heavy atom. The van der Waals surface area contributed by atoms with Crippen molar-refractivity contribution in [1.82, 2.24) is 5.32 Å². The van der Waals surface area contributed by atoms with Crippen LogP contribution < -0.4 is 10.6 Å². The normalized spacial score (nSPS) is 22.3. The maximum Gasteiger partial charge on any atom is 0.229 e. The first kappa shape index (κ1) is 21.1. The molecular weight excluding hydrogens is 398 g/mol. The Labute approximate surface area is 175 Å². The highest BCUT2D eigenvalue weighted by Gasteiger charge is 2.43. The van der Waals surface area contributed by atoms with Crippen molar-refractivity contribution in [2.24, 2.45) is 11.3 Å². The predicted molar refractivity (Wildman–Crippen MR) is 114 cm³/mol. The summed E-state index contributed by atoms with van der Waals surface area (Å²) in [5.41, 5.74) is 1.13. The SMILES string of the molecule is CC(C)(C)C[C@@H]1NCC(c2cccc(Cl)c2F)C1C(=O)Nc1cccc(Cl)c1. The summed E-state index contributed by atoms with van der Waals surface area (Å²) in [5.74, 6) is -1.32. The zero-order valence-corrected chi connectivity index (χ0v) is 17.7. The fraction of sp³-hybridized carbons (Fsp3) is 0.409. The molecule has 0 bridgehead atoms. The fourth-order valence-electron chi connectivity index (χ4n) is 3.94. The van der Waals surface area contributed by atoms with E-state index in [-0.39, 0.29) is 28.3 Å². The smallest absolute Gasteiger partial charge is 0.229 e. The Kier molecular flexibility index (Phi) is 6.33. The van der Waals surface area contributed by atoms with Gasteiger partial charge in [-0.15, -0.1) is 0 Å². The largest absolute Gasteiger partial charge is 0.326 e. The van der Waals surface area contributed by atoms with Crippen molar-refractivity contribution in [2.45, 2.75) is 39.2 Å². The first-order valence-electron chi connectivity index (χ1n) is 9.39. The number of hydrogen-bond donors (Lipinski definition) is 2. The average molecular weight is 423 g/mol. The number of halogens is 3. The van der Waals surface area contributed by atoms with E-state index in [9.17, 15) is 9.18 Å². The minimum absolute atomic E-state index is 0.0218. The van der Waals surface area contributed by atoms with Crippen molar-refractivity contribution in [3.63, 3.8) is 0 Å². The third-order valence-corrected chi connectivity index (χ3v) is 5.60. The Bertz CT molecular complexity index is 866. The van der Waals surface area contributed by atoms with Gasteiger partial charge in [0, 0.05) is 29.2 Å². The van der Waals surface area contributed by atoms with Gasteiger partial charge in [0.2, 0.25) is 5.91 Å². The van der Waals surface area contributed by atoms with Crippen molar-refractivity contribution in [1.29, 1.82) is 0 Å². The standard InChI is InChI=1S/C22H25Cl2FN2O/c1-22(2,3)11-18-19(21(28)27-14-7-4-6-13(23)10-14)16(12-26-18)15-8-5-9-17(24)20(15)25/h4-10,16,18-19,26H,11-12H2,1-3H3,(H,27,28)/t16?,18-,19?/m0/s1. The van der Waals surface area contributed by atoms with Gasteiger partial charge < -0.3 is 10.6 Å². The molecule has 2 aromatic carbocycles. The third kappa shape index (κ3) is 4.86. The number of nitrogens with one attached hydrogen (secondary N) is 2. The molecule has 0 spiro atoms. The van der Waals surface area contributed by atoms with Gasteiger partial charge in [0.15, 0.2) is 0 Å². The lowest BCUT2D eigenvalue weighted by Gasteiger charge is -2.29. The van der Waals surface area contributed by atoms with E-state index < -0.39 is 11.7 Å². The summed E-state index contributed by atoms with van der Waals surface area (Å²) >= 11 is 12.0. The van der Waals surface area contributed by atoms with E-state index in [2.05, 4.69) is 31.4 Å². The summed E-state index contributed by atoms with van der Waals surface area (Å²) in [5, 5.41) is 7.02. The molecule has 1 aliphatic heterocycles. The molecule has 1 aliphatic rings. The highest BCUT2D eigenvalue weighted by Crippen LogP contribution is 2.39. The quantitative estimate of drug-likeness (QED) is 0.645. The molecular formula is C22H25Cl2FN2O. The number of rotatable bonds is 4. The summed E-state index contributed by atoms with van der Waals surface area (Å²) in [4.78, 5) is 13.3. The predicted octanol–water partition coefficient (Wildman–Crippen LogP) is 5.88.